The minimum Gasteiger partial charge on any atom is -0.383 e. The Morgan fingerprint density at radius 3 is 2.71 bits per heavy atom. The molecular formula is C22H23N5OS3. The molecule has 6 nitrogen and oxygen atoms in total. The third-order valence-corrected chi connectivity index (χ3v) is 9.82. The Hall–Kier alpha value is -1.97. The summed E-state index contributed by atoms with van der Waals surface area (Å²) in [5.41, 5.74) is 9.01. The van der Waals surface area contributed by atoms with Crippen molar-refractivity contribution in [2.24, 2.45) is 13.0 Å². The van der Waals surface area contributed by atoms with E-state index in [2.05, 4.69) is 11.9 Å². The molecule has 0 saturated carbocycles. The monoisotopic (exact) mass is 469 g/mol. The SMILES string of the molecule is CC1CCc2c(sc3nc(CSc4nc5sc6c(c5c(=O)n4C)CCC6)nc(N)c23)C1. The van der Waals surface area contributed by atoms with Gasteiger partial charge in [0.1, 0.15) is 21.3 Å². The Bertz CT molecular complexity index is 1420. The molecule has 0 aromatic carbocycles. The number of rotatable bonds is 3. The van der Waals surface area contributed by atoms with Crippen LogP contribution in [0.4, 0.5) is 5.82 Å². The third kappa shape index (κ3) is 3.12. The minimum absolute atomic E-state index is 0.0582. The number of nitrogens with two attached hydrogens (primary N) is 1. The van der Waals surface area contributed by atoms with Crippen LogP contribution in [0, 0.1) is 5.92 Å². The Morgan fingerprint density at radius 1 is 1.06 bits per heavy atom. The number of hydrogen-bond donors (Lipinski definition) is 1. The van der Waals surface area contributed by atoms with Crippen LogP contribution in [0.1, 0.15) is 46.5 Å². The van der Waals surface area contributed by atoms with Crippen molar-refractivity contribution in [3.05, 3.63) is 37.1 Å². The summed E-state index contributed by atoms with van der Waals surface area (Å²) in [6.07, 6.45) is 6.58. The van der Waals surface area contributed by atoms with E-state index in [1.807, 2.05) is 7.05 Å². The Balaban J connectivity index is 1.33. The average Bonchev–Trinajstić information content (AvgIpc) is 3.41. The fourth-order valence-electron chi connectivity index (χ4n) is 4.84. The molecule has 0 bridgehead atoms. The molecule has 0 spiro atoms. The van der Waals surface area contributed by atoms with E-state index >= 15 is 0 Å². The minimum atomic E-state index is 0.0582. The van der Waals surface area contributed by atoms with Gasteiger partial charge >= 0.3 is 0 Å². The summed E-state index contributed by atoms with van der Waals surface area (Å²) in [7, 11) is 1.81. The number of nitrogens with zero attached hydrogens (tertiary/aromatic N) is 4. The lowest BCUT2D eigenvalue weighted by Gasteiger charge is -2.17. The first-order valence-electron chi connectivity index (χ1n) is 10.7. The van der Waals surface area contributed by atoms with E-state index < -0.39 is 0 Å². The van der Waals surface area contributed by atoms with Crippen molar-refractivity contribution in [1.82, 2.24) is 19.5 Å². The van der Waals surface area contributed by atoms with Gasteiger partial charge in [-0.3, -0.25) is 9.36 Å². The van der Waals surface area contributed by atoms with Crippen LogP contribution in [0.2, 0.25) is 0 Å². The predicted octanol–water partition coefficient (Wildman–Crippen LogP) is 4.49. The number of thiophene rings is 2. The van der Waals surface area contributed by atoms with Crippen LogP contribution < -0.4 is 11.3 Å². The van der Waals surface area contributed by atoms with Gasteiger partial charge in [0, 0.05) is 16.8 Å². The van der Waals surface area contributed by atoms with Gasteiger partial charge in [0.25, 0.3) is 5.56 Å². The van der Waals surface area contributed by atoms with Crippen LogP contribution in [-0.4, -0.2) is 19.5 Å². The predicted molar refractivity (Wildman–Crippen MR) is 129 cm³/mol. The number of thioether (sulfide) groups is 1. The molecule has 2 aliphatic rings. The van der Waals surface area contributed by atoms with E-state index in [-0.39, 0.29) is 5.56 Å². The van der Waals surface area contributed by atoms with E-state index in [1.54, 1.807) is 27.2 Å². The van der Waals surface area contributed by atoms with Crippen LogP contribution in [0.15, 0.2) is 9.95 Å². The van der Waals surface area contributed by atoms with E-state index in [0.29, 0.717) is 28.5 Å². The zero-order valence-corrected chi connectivity index (χ0v) is 20.0. The standard InChI is InChI=1S/C22H23N5OS3/c1-10-6-7-12-14(8-10)31-19-16(12)18(23)24-15(25-19)9-29-22-26-20-17(21(28)27(22)2)11-4-3-5-13(11)30-20/h10H,3-9H2,1-2H3,(H2,23,24,25). The van der Waals surface area contributed by atoms with Crippen LogP contribution in [0.3, 0.4) is 0 Å². The number of fused-ring (bicyclic) bond motifs is 6. The zero-order chi connectivity index (χ0) is 21.3. The molecule has 0 amide bonds. The third-order valence-electron chi connectivity index (χ3n) is 6.47. The molecule has 0 radical (unpaired) electrons. The van der Waals surface area contributed by atoms with Crippen LogP contribution in [0.25, 0.3) is 20.4 Å². The summed E-state index contributed by atoms with van der Waals surface area (Å²) in [6, 6.07) is 0. The van der Waals surface area contributed by atoms with Crippen molar-refractivity contribution >= 4 is 60.7 Å². The molecule has 31 heavy (non-hydrogen) atoms. The first-order chi connectivity index (χ1) is 15.0. The number of anilines is 1. The maximum Gasteiger partial charge on any atom is 0.262 e. The summed E-state index contributed by atoms with van der Waals surface area (Å²) >= 11 is 4.95. The first-order valence-corrected chi connectivity index (χ1v) is 13.3. The molecule has 0 saturated heterocycles. The average molecular weight is 470 g/mol. The van der Waals surface area contributed by atoms with Gasteiger partial charge in [-0.1, -0.05) is 18.7 Å². The van der Waals surface area contributed by atoms with Crippen molar-refractivity contribution in [3.63, 3.8) is 0 Å². The highest BCUT2D eigenvalue weighted by Gasteiger charge is 2.24. The van der Waals surface area contributed by atoms with E-state index in [4.69, 9.17) is 15.7 Å². The summed E-state index contributed by atoms with van der Waals surface area (Å²) < 4.78 is 1.67. The molecule has 2 aliphatic carbocycles. The topological polar surface area (TPSA) is 86.7 Å². The van der Waals surface area contributed by atoms with E-state index in [1.165, 1.54) is 39.1 Å². The maximum absolute atomic E-state index is 13.0. The molecule has 6 rings (SSSR count). The lowest BCUT2D eigenvalue weighted by molar-refractivity contribution is 0.509. The van der Waals surface area contributed by atoms with Gasteiger partial charge in [0.2, 0.25) is 0 Å². The molecular weight excluding hydrogens is 446 g/mol. The molecule has 0 aliphatic heterocycles. The van der Waals surface area contributed by atoms with E-state index in [9.17, 15) is 4.79 Å². The van der Waals surface area contributed by atoms with Gasteiger partial charge in [0.15, 0.2) is 5.16 Å². The lowest BCUT2D eigenvalue weighted by atomic mass is 9.89. The van der Waals surface area contributed by atoms with Crippen molar-refractivity contribution < 1.29 is 0 Å². The second-order valence-corrected chi connectivity index (χ2v) is 11.8. The fourth-order valence-corrected chi connectivity index (χ4v) is 8.38. The molecule has 0 fully saturated rings. The zero-order valence-electron chi connectivity index (χ0n) is 17.5. The van der Waals surface area contributed by atoms with Crippen LogP contribution in [0.5, 0.6) is 0 Å². The maximum atomic E-state index is 13.0. The van der Waals surface area contributed by atoms with Crippen LogP contribution >= 0.6 is 34.4 Å². The largest absolute Gasteiger partial charge is 0.383 e. The first kappa shape index (κ1) is 19.7. The lowest BCUT2D eigenvalue weighted by Crippen LogP contribution is -2.20. The second-order valence-electron chi connectivity index (χ2n) is 8.64. The Kier molecular flexibility index (Phi) is 4.63. The van der Waals surface area contributed by atoms with Crippen molar-refractivity contribution in [2.75, 3.05) is 5.73 Å². The molecule has 9 heteroatoms. The van der Waals surface area contributed by atoms with Gasteiger partial charge < -0.3 is 5.73 Å². The molecule has 1 atom stereocenters. The van der Waals surface area contributed by atoms with Crippen molar-refractivity contribution in [1.29, 1.82) is 0 Å². The quantitative estimate of drug-likeness (QED) is 0.351. The summed E-state index contributed by atoms with van der Waals surface area (Å²) in [6.45, 7) is 2.31. The smallest absolute Gasteiger partial charge is 0.262 e. The summed E-state index contributed by atoms with van der Waals surface area (Å²) in [4.78, 5) is 31.9. The number of hydrogen-bond acceptors (Lipinski definition) is 8. The van der Waals surface area contributed by atoms with Gasteiger partial charge in [-0.05, 0) is 55.6 Å². The number of aromatic nitrogens is 4. The molecule has 4 heterocycles. The highest BCUT2D eigenvalue weighted by molar-refractivity contribution is 7.98. The fraction of sp³-hybridized carbons (Fsp3) is 0.455. The second kappa shape index (κ2) is 7.28. The van der Waals surface area contributed by atoms with Gasteiger partial charge in [-0.2, -0.15) is 0 Å². The van der Waals surface area contributed by atoms with Gasteiger partial charge in [0.05, 0.1) is 16.5 Å². The van der Waals surface area contributed by atoms with Crippen LogP contribution in [-0.2, 0) is 38.5 Å². The number of aryl methyl sites for hydroxylation is 3. The Labute approximate surface area is 191 Å². The summed E-state index contributed by atoms with van der Waals surface area (Å²) in [5.74, 6) is 2.53. The van der Waals surface area contributed by atoms with Crippen molar-refractivity contribution in [3.8, 4) is 0 Å². The van der Waals surface area contributed by atoms with Gasteiger partial charge in [-0.25, -0.2) is 15.0 Å². The highest BCUT2D eigenvalue weighted by atomic mass is 32.2. The number of nitrogen functional groups attached to an aromatic ring is 1. The molecule has 4 aromatic heterocycles. The Morgan fingerprint density at radius 2 is 1.84 bits per heavy atom. The summed E-state index contributed by atoms with van der Waals surface area (Å²) in [5, 5.41) is 2.59. The highest BCUT2D eigenvalue weighted by Crippen LogP contribution is 2.40. The van der Waals surface area contributed by atoms with E-state index in [0.717, 1.165) is 52.5 Å². The molecule has 2 N–H and O–H groups in total. The molecule has 160 valence electrons. The van der Waals surface area contributed by atoms with Gasteiger partial charge in [-0.15, -0.1) is 22.7 Å². The molecule has 4 aromatic rings. The van der Waals surface area contributed by atoms with Crippen molar-refractivity contribution in [2.45, 2.75) is 56.4 Å². The normalized spacial score (nSPS) is 18.1. The molecule has 1 unspecified atom stereocenters.